The van der Waals surface area contributed by atoms with Gasteiger partial charge in [0.1, 0.15) is 23.5 Å². The van der Waals surface area contributed by atoms with E-state index in [4.69, 9.17) is 15.0 Å². The molecule has 2 aliphatic heterocycles. The first kappa shape index (κ1) is 24.9. The van der Waals surface area contributed by atoms with E-state index >= 15 is 0 Å². The van der Waals surface area contributed by atoms with E-state index in [1.54, 1.807) is 12.4 Å². The van der Waals surface area contributed by atoms with Crippen molar-refractivity contribution in [2.45, 2.75) is 32.2 Å². The molecule has 1 saturated heterocycles. The lowest BCUT2D eigenvalue weighted by atomic mass is 10.0. The lowest BCUT2D eigenvalue weighted by Gasteiger charge is -2.32. The number of nitriles is 1. The Kier molecular flexibility index (Phi) is 6.59. The maximum atomic E-state index is 9.05. The Labute approximate surface area is 238 Å². The highest BCUT2D eigenvalue weighted by atomic mass is 16.5. The minimum Gasteiger partial charge on any atom is -0.472 e. The average molecular weight is 541 g/mol. The van der Waals surface area contributed by atoms with Crippen molar-refractivity contribution in [3.05, 3.63) is 96.7 Å². The predicted molar refractivity (Wildman–Crippen MR) is 156 cm³/mol. The molecular weight excluding hydrogens is 512 g/mol. The quantitative estimate of drug-likeness (QED) is 0.307. The Morgan fingerprint density at radius 2 is 1.76 bits per heavy atom. The first-order chi connectivity index (χ1) is 20.2. The number of aromatic nitrogens is 5. The molecule has 0 atom stereocenters. The van der Waals surface area contributed by atoms with E-state index < -0.39 is 0 Å². The van der Waals surface area contributed by atoms with Crippen LogP contribution in [0.4, 0.5) is 5.82 Å². The summed E-state index contributed by atoms with van der Waals surface area (Å²) in [5, 5.41) is 12.5. The van der Waals surface area contributed by atoms with Gasteiger partial charge in [0.15, 0.2) is 6.73 Å². The first-order valence-electron chi connectivity index (χ1n) is 13.8. The molecule has 1 fully saturated rings. The van der Waals surface area contributed by atoms with Crippen LogP contribution >= 0.6 is 0 Å². The summed E-state index contributed by atoms with van der Waals surface area (Å²) in [7, 11) is 0. The zero-order valence-corrected chi connectivity index (χ0v) is 22.4. The van der Waals surface area contributed by atoms with Crippen molar-refractivity contribution in [1.82, 2.24) is 29.4 Å². The molecule has 9 nitrogen and oxygen atoms in total. The third-order valence-corrected chi connectivity index (χ3v) is 7.71. The van der Waals surface area contributed by atoms with Gasteiger partial charge in [-0.05, 0) is 30.5 Å². The lowest BCUT2D eigenvalue weighted by molar-refractivity contribution is 0.211. The van der Waals surface area contributed by atoms with Gasteiger partial charge >= 0.3 is 0 Å². The van der Waals surface area contributed by atoms with Crippen LogP contribution in [0, 0.1) is 11.3 Å². The summed E-state index contributed by atoms with van der Waals surface area (Å²) in [5.74, 6) is 2.59. The summed E-state index contributed by atoms with van der Waals surface area (Å²) in [5.41, 5.74) is 6.34. The number of fused-ring (bicyclic) bond motifs is 3. The summed E-state index contributed by atoms with van der Waals surface area (Å²) in [6, 6.07) is 25.2. The first-order valence-corrected chi connectivity index (χ1v) is 13.8. The number of hydrogen-bond donors (Lipinski definition) is 1. The fraction of sp³-hybridized carbons (Fsp3) is 0.219. The molecule has 5 aromatic rings. The third-order valence-electron chi connectivity index (χ3n) is 7.71. The third kappa shape index (κ3) is 5.01. The molecule has 5 heterocycles. The summed E-state index contributed by atoms with van der Waals surface area (Å²) in [6.07, 6.45) is 7.23. The molecule has 0 saturated carbocycles. The number of nitrogens with one attached hydrogen (secondary N) is 1. The van der Waals surface area contributed by atoms with Gasteiger partial charge in [-0.3, -0.25) is 14.5 Å². The van der Waals surface area contributed by atoms with Crippen LogP contribution in [0.15, 0.2) is 85.3 Å². The molecule has 0 spiro atoms. The van der Waals surface area contributed by atoms with Crippen LogP contribution in [-0.2, 0) is 13.3 Å². The van der Waals surface area contributed by atoms with Crippen molar-refractivity contribution >= 4 is 5.82 Å². The molecule has 0 bridgehead atoms. The molecule has 1 N–H and O–H groups in total. The van der Waals surface area contributed by atoms with Crippen LogP contribution in [0.1, 0.15) is 24.2 Å². The second-order valence-electron chi connectivity index (χ2n) is 10.3. The predicted octanol–water partition coefficient (Wildman–Crippen LogP) is 5.37. The van der Waals surface area contributed by atoms with E-state index in [1.807, 2.05) is 42.6 Å². The average Bonchev–Trinajstić information content (AvgIpc) is 3.43. The monoisotopic (exact) mass is 540 g/mol. The maximum absolute atomic E-state index is 9.05. The zero-order valence-electron chi connectivity index (χ0n) is 22.4. The van der Waals surface area contributed by atoms with E-state index in [0.717, 1.165) is 72.1 Å². The fourth-order valence-electron chi connectivity index (χ4n) is 5.65. The van der Waals surface area contributed by atoms with Crippen LogP contribution in [0.5, 0.6) is 5.75 Å². The number of likely N-dealkylation sites (tertiary alicyclic amines) is 1. The van der Waals surface area contributed by atoms with Gasteiger partial charge < -0.3 is 10.1 Å². The van der Waals surface area contributed by atoms with E-state index in [2.05, 4.69) is 66.1 Å². The smallest absolute Gasteiger partial charge is 0.234 e. The van der Waals surface area contributed by atoms with Gasteiger partial charge in [0, 0.05) is 55.4 Å². The van der Waals surface area contributed by atoms with Crippen molar-refractivity contribution in [1.29, 1.82) is 5.26 Å². The molecule has 2 aromatic carbocycles. The van der Waals surface area contributed by atoms with E-state index in [-0.39, 0.29) is 5.82 Å². The van der Waals surface area contributed by atoms with Gasteiger partial charge in [-0.2, -0.15) is 5.26 Å². The van der Waals surface area contributed by atoms with E-state index in [9.17, 15) is 0 Å². The number of rotatable bonds is 6. The molecule has 2 aliphatic rings. The zero-order chi connectivity index (χ0) is 27.6. The lowest BCUT2D eigenvalue weighted by Crippen LogP contribution is -2.38. The Bertz CT molecular complexity index is 1720. The highest BCUT2D eigenvalue weighted by Gasteiger charge is 2.27. The van der Waals surface area contributed by atoms with Crippen LogP contribution in [-0.4, -0.2) is 48.5 Å². The molecule has 9 heteroatoms. The SMILES string of the molecule is N#Cc1nccc(NC2CCN(Cc3ccc(-c4c(-c5ccccc5)nc5n4COc4ccncc4-5)cc3)CC2)n1. The number of hydrogen-bond acceptors (Lipinski definition) is 8. The standard InChI is InChI=1S/C32H28N8O/c33-18-29-35-15-11-28(37-29)36-25-12-16-39(17-13-25)20-22-6-8-24(9-7-22)31-30(23-4-2-1-3-5-23)38-32-26-19-34-14-10-27(26)41-21-40(31)32/h1-11,14-15,19,25H,12-13,16-17,20-21H2,(H,35,36,37). The van der Waals surface area contributed by atoms with Gasteiger partial charge in [-0.25, -0.2) is 15.0 Å². The van der Waals surface area contributed by atoms with Crippen molar-refractivity contribution in [3.8, 4) is 45.7 Å². The number of imidazole rings is 1. The molecule has 41 heavy (non-hydrogen) atoms. The number of anilines is 1. The Morgan fingerprint density at radius 1 is 0.927 bits per heavy atom. The summed E-state index contributed by atoms with van der Waals surface area (Å²) < 4.78 is 8.24. The van der Waals surface area contributed by atoms with Crippen molar-refractivity contribution in [3.63, 3.8) is 0 Å². The Balaban J connectivity index is 1.09. The van der Waals surface area contributed by atoms with Gasteiger partial charge in [0.2, 0.25) is 5.82 Å². The van der Waals surface area contributed by atoms with Crippen LogP contribution < -0.4 is 10.1 Å². The van der Waals surface area contributed by atoms with Crippen molar-refractivity contribution in [2.24, 2.45) is 0 Å². The number of pyridine rings is 1. The van der Waals surface area contributed by atoms with Crippen LogP contribution in [0.3, 0.4) is 0 Å². The molecule has 202 valence electrons. The molecule has 0 amide bonds. The van der Waals surface area contributed by atoms with E-state index in [1.165, 1.54) is 5.56 Å². The molecule has 0 radical (unpaired) electrons. The summed E-state index contributed by atoms with van der Waals surface area (Å²) in [4.78, 5) is 20.1. The molecule has 0 unspecified atom stereocenters. The fourth-order valence-corrected chi connectivity index (χ4v) is 5.65. The minimum atomic E-state index is 0.192. The topological polar surface area (TPSA) is 105 Å². The Morgan fingerprint density at radius 3 is 2.56 bits per heavy atom. The van der Waals surface area contributed by atoms with Gasteiger partial charge in [0.25, 0.3) is 0 Å². The number of benzene rings is 2. The van der Waals surface area contributed by atoms with E-state index in [0.29, 0.717) is 18.6 Å². The van der Waals surface area contributed by atoms with Gasteiger partial charge in [0.05, 0.1) is 17.0 Å². The Hall–Kier alpha value is -5.07. The van der Waals surface area contributed by atoms with Gasteiger partial charge in [-0.1, -0.05) is 54.6 Å². The summed E-state index contributed by atoms with van der Waals surface area (Å²) >= 11 is 0. The second-order valence-corrected chi connectivity index (χ2v) is 10.3. The molecule has 3 aromatic heterocycles. The van der Waals surface area contributed by atoms with Crippen LogP contribution in [0.25, 0.3) is 33.9 Å². The highest BCUT2D eigenvalue weighted by molar-refractivity contribution is 5.83. The molecule has 0 aliphatic carbocycles. The molecule has 7 rings (SSSR count). The normalized spacial score (nSPS) is 14.9. The van der Waals surface area contributed by atoms with Crippen LogP contribution in [0.2, 0.25) is 0 Å². The largest absolute Gasteiger partial charge is 0.472 e. The highest BCUT2D eigenvalue weighted by Crippen LogP contribution is 2.41. The maximum Gasteiger partial charge on any atom is 0.234 e. The number of ether oxygens (including phenoxy) is 1. The number of nitrogens with zero attached hydrogens (tertiary/aromatic N) is 7. The van der Waals surface area contributed by atoms with Gasteiger partial charge in [-0.15, -0.1) is 0 Å². The minimum absolute atomic E-state index is 0.192. The second kappa shape index (κ2) is 10.8. The van der Waals surface area contributed by atoms with Crippen molar-refractivity contribution in [2.75, 3.05) is 18.4 Å². The van der Waals surface area contributed by atoms with Crippen molar-refractivity contribution < 1.29 is 4.74 Å². The number of piperidine rings is 1. The molecular formula is C32H28N8O. The summed E-state index contributed by atoms with van der Waals surface area (Å²) in [6.45, 7) is 3.29.